The van der Waals surface area contributed by atoms with E-state index in [1.807, 2.05) is 30.3 Å². The van der Waals surface area contributed by atoms with E-state index in [-0.39, 0.29) is 5.38 Å². The Balaban J connectivity index is 2.37. The van der Waals surface area contributed by atoms with Crippen molar-refractivity contribution >= 4 is 62.1 Å². The van der Waals surface area contributed by atoms with Crippen LogP contribution < -0.4 is 0 Å². The van der Waals surface area contributed by atoms with E-state index < -0.39 is 0 Å². The van der Waals surface area contributed by atoms with Crippen molar-refractivity contribution in [1.29, 1.82) is 0 Å². The maximum Gasteiger partial charge on any atom is 0.0931 e. The lowest BCUT2D eigenvalue weighted by Gasteiger charge is -2.08. The monoisotopic (exact) mass is 354 g/mol. The Kier molecular flexibility index (Phi) is 4.20. The van der Waals surface area contributed by atoms with Crippen molar-refractivity contribution in [3.8, 4) is 0 Å². The molecule has 0 N–H and O–H groups in total. The van der Waals surface area contributed by atoms with Crippen LogP contribution in [0.15, 0.2) is 34.8 Å². The second kappa shape index (κ2) is 5.28. The number of alkyl halides is 1. The molecule has 2 rings (SSSR count). The molecule has 0 aliphatic carbocycles. The summed E-state index contributed by atoms with van der Waals surface area (Å²) in [4.78, 5) is 1.01. The van der Waals surface area contributed by atoms with Crippen LogP contribution in [-0.4, -0.2) is 0 Å². The average Bonchev–Trinajstić information content (AvgIpc) is 2.62. The highest BCUT2D eigenvalue weighted by molar-refractivity contribution is 9.10. The van der Waals surface area contributed by atoms with E-state index in [1.165, 1.54) is 11.3 Å². The van der Waals surface area contributed by atoms with Crippen molar-refractivity contribution in [2.45, 2.75) is 5.38 Å². The van der Waals surface area contributed by atoms with Crippen LogP contribution in [0.4, 0.5) is 0 Å². The molecule has 0 aliphatic heterocycles. The van der Waals surface area contributed by atoms with Crippen LogP contribution in [0.1, 0.15) is 15.8 Å². The maximum absolute atomic E-state index is 6.36. The Morgan fingerprint density at radius 1 is 1.12 bits per heavy atom. The van der Waals surface area contributed by atoms with Gasteiger partial charge < -0.3 is 0 Å². The average molecular weight is 356 g/mol. The van der Waals surface area contributed by atoms with Gasteiger partial charge in [0.05, 0.1) is 9.71 Å². The molecule has 0 aliphatic rings. The minimum atomic E-state index is -0.215. The van der Waals surface area contributed by atoms with Crippen LogP contribution in [0, 0.1) is 0 Å². The lowest BCUT2D eigenvalue weighted by Crippen LogP contribution is -1.90. The molecule has 1 heterocycles. The Labute approximate surface area is 121 Å². The van der Waals surface area contributed by atoms with Gasteiger partial charge in [0, 0.05) is 14.4 Å². The minimum Gasteiger partial charge on any atom is -0.127 e. The molecule has 1 aromatic carbocycles. The molecule has 1 atom stereocenters. The lowest BCUT2D eigenvalue weighted by atomic mass is 10.1. The van der Waals surface area contributed by atoms with Crippen molar-refractivity contribution < 1.29 is 0 Å². The lowest BCUT2D eigenvalue weighted by molar-refractivity contribution is 1.18. The standard InChI is InChI=1S/C11H6BrCl3S/c12-7-3-6(4-8(13)5-7)11(15)9-1-2-10(14)16-9/h1-5,11H. The first kappa shape index (κ1) is 12.7. The number of halogens is 4. The molecule has 5 heteroatoms. The van der Waals surface area contributed by atoms with Gasteiger partial charge in [0.15, 0.2) is 0 Å². The largest absolute Gasteiger partial charge is 0.127 e. The van der Waals surface area contributed by atoms with Gasteiger partial charge in [-0.05, 0) is 35.9 Å². The van der Waals surface area contributed by atoms with Gasteiger partial charge in [-0.2, -0.15) is 0 Å². The predicted octanol–water partition coefficient (Wildman–Crippen LogP) is 6.15. The smallest absolute Gasteiger partial charge is 0.0931 e. The summed E-state index contributed by atoms with van der Waals surface area (Å²) in [6, 6.07) is 9.42. The normalized spacial score (nSPS) is 12.8. The van der Waals surface area contributed by atoms with Gasteiger partial charge in [-0.1, -0.05) is 39.1 Å². The van der Waals surface area contributed by atoms with Crippen LogP contribution in [0.25, 0.3) is 0 Å². The van der Waals surface area contributed by atoms with Crippen LogP contribution in [0.2, 0.25) is 9.36 Å². The van der Waals surface area contributed by atoms with Crippen LogP contribution in [-0.2, 0) is 0 Å². The number of hydrogen-bond donors (Lipinski definition) is 0. The molecule has 0 radical (unpaired) electrons. The highest BCUT2D eigenvalue weighted by Crippen LogP contribution is 2.37. The molecule has 16 heavy (non-hydrogen) atoms. The third-order valence-electron chi connectivity index (χ3n) is 2.02. The first-order valence-corrected chi connectivity index (χ1v) is 7.22. The molecular weight excluding hydrogens is 350 g/mol. The molecular formula is C11H6BrCl3S. The minimum absolute atomic E-state index is 0.215. The molecule has 1 unspecified atom stereocenters. The fourth-order valence-electron chi connectivity index (χ4n) is 1.35. The quantitative estimate of drug-likeness (QED) is 0.567. The van der Waals surface area contributed by atoms with E-state index in [0.717, 1.165) is 19.2 Å². The Morgan fingerprint density at radius 3 is 2.44 bits per heavy atom. The molecule has 84 valence electrons. The fraction of sp³-hybridized carbons (Fsp3) is 0.0909. The Hall–Kier alpha value is 0.270. The first-order valence-electron chi connectivity index (χ1n) is 4.41. The van der Waals surface area contributed by atoms with Gasteiger partial charge in [0.25, 0.3) is 0 Å². The van der Waals surface area contributed by atoms with E-state index in [9.17, 15) is 0 Å². The molecule has 0 saturated heterocycles. The second-order valence-corrected chi connectivity index (χ2v) is 6.74. The first-order chi connectivity index (χ1) is 7.56. The molecule has 0 saturated carbocycles. The third-order valence-corrected chi connectivity index (χ3v) is 4.61. The topological polar surface area (TPSA) is 0 Å². The summed E-state index contributed by atoms with van der Waals surface area (Å²) < 4.78 is 1.66. The Morgan fingerprint density at radius 2 is 1.88 bits per heavy atom. The van der Waals surface area contributed by atoms with E-state index in [1.54, 1.807) is 0 Å². The SMILES string of the molecule is Clc1cc(Br)cc(C(Cl)c2ccc(Cl)s2)c1. The van der Waals surface area contributed by atoms with Gasteiger partial charge in [-0.25, -0.2) is 0 Å². The zero-order valence-electron chi connectivity index (χ0n) is 7.88. The van der Waals surface area contributed by atoms with Crippen molar-refractivity contribution in [3.05, 3.63) is 54.6 Å². The van der Waals surface area contributed by atoms with E-state index in [2.05, 4.69) is 15.9 Å². The zero-order chi connectivity index (χ0) is 11.7. The van der Waals surface area contributed by atoms with Gasteiger partial charge in [0.1, 0.15) is 0 Å². The fourth-order valence-corrected chi connectivity index (χ4v) is 3.64. The van der Waals surface area contributed by atoms with Gasteiger partial charge in [-0.3, -0.25) is 0 Å². The highest BCUT2D eigenvalue weighted by Gasteiger charge is 2.14. The zero-order valence-corrected chi connectivity index (χ0v) is 12.6. The summed E-state index contributed by atoms with van der Waals surface area (Å²) in [6.45, 7) is 0. The van der Waals surface area contributed by atoms with Crippen molar-refractivity contribution in [3.63, 3.8) is 0 Å². The third kappa shape index (κ3) is 2.93. The number of hydrogen-bond acceptors (Lipinski definition) is 1. The summed E-state index contributed by atoms with van der Waals surface area (Å²) in [5, 5.41) is 0.449. The summed E-state index contributed by atoms with van der Waals surface area (Å²) in [7, 11) is 0. The summed E-state index contributed by atoms with van der Waals surface area (Å²) in [6.07, 6.45) is 0. The second-order valence-electron chi connectivity index (χ2n) is 3.21. The van der Waals surface area contributed by atoms with Crippen molar-refractivity contribution in [2.75, 3.05) is 0 Å². The predicted molar refractivity (Wildman–Crippen MR) is 76.2 cm³/mol. The van der Waals surface area contributed by atoms with E-state index >= 15 is 0 Å². The van der Waals surface area contributed by atoms with Crippen molar-refractivity contribution in [1.82, 2.24) is 0 Å². The molecule has 2 aromatic rings. The van der Waals surface area contributed by atoms with Crippen LogP contribution >= 0.6 is 62.1 Å². The Bertz CT molecular complexity index is 489. The molecule has 0 spiro atoms. The number of rotatable bonds is 2. The van der Waals surface area contributed by atoms with Crippen LogP contribution in [0.3, 0.4) is 0 Å². The maximum atomic E-state index is 6.36. The molecule has 1 aromatic heterocycles. The van der Waals surface area contributed by atoms with E-state index in [4.69, 9.17) is 34.8 Å². The van der Waals surface area contributed by atoms with Crippen LogP contribution in [0.5, 0.6) is 0 Å². The molecule has 0 nitrogen and oxygen atoms in total. The van der Waals surface area contributed by atoms with Gasteiger partial charge >= 0.3 is 0 Å². The summed E-state index contributed by atoms with van der Waals surface area (Å²) >= 11 is 23.1. The molecule has 0 fully saturated rings. The number of benzene rings is 1. The molecule has 0 bridgehead atoms. The summed E-state index contributed by atoms with van der Waals surface area (Å²) in [5.41, 5.74) is 0.958. The van der Waals surface area contributed by atoms with Gasteiger partial charge in [0.2, 0.25) is 0 Å². The van der Waals surface area contributed by atoms with E-state index in [0.29, 0.717) is 5.02 Å². The number of thiophene rings is 1. The summed E-state index contributed by atoms with van der Waals surface area (Å²) in [5.74, 6) is 0. The van der Waals surface area contributed by atoms with Gasteiger partial charge in [-0.15, -0.1) is 22.9 Å². The highest BCUT2D eigenvalue weighted by atomic mass is 79.9. The van der Waals surface area contributed by atoms with Crippen molar-refractivity contribution in [2.24, 2.45) is 0 Å². The molecule has 0 amide bonds.